The van der Waals surface area contributed by atoms with Crippen LogP contribution >= 0.6 is 11.9 Å². The monoisotopic (exact) mass is 391 g/mol. The molecule has 1 atom stereocenters. The first-order valence-corrected chi connectivity index (χ1v) is 9.09. The lowest BCUT2D eigenvalue weighted by molar-refractivity contribution is -0.135. The second-order valence-electron chi connectivity index (χ2n) is 6.28. The fourth-order valence-electron chi connectivity index (χ4n) is 2.98. The van der Waals surface area contributed by atoms with Crippen molar-refractivity contribution < 1.29 is 13.8 Å². The Balaban J connectivity index is 1.94. The molecule has 28 heavy (non-hydrogen) atoms. The lowest BCUT2D eigenvalue weighted by Crippen LogP contribution is -2.17. The maximum Gasteiger partial charge on any atom is 0.332 e. The molecule has 3 rings (SSSR count). The van der Waals surface area contributed by atoms with E-state index in [9.17, 15) is 10.1 Å². The number of carbonyl (C=O) groups excluding carboxylic acids is 1. The van der Waals surface area contributed by atoms with E-state index < -0.39 is 11.9 Å². The Hall–Kier alpha value is -3.29. The fraction of sp³-hybridized carbons (Fsp3) is 0.130. The molecule has 0 aromatic heterocycles. The van der Waals surface area contributed by atoms with Gasteiger partial charge >= 0.3 is 5.97 Å². The SMILES string of the molecule is N#Cc1ccc(OCc2ccccc2)c(C(Cc2ccccc2)C(=O)OCl)c1. The molecule has 3 aromatic carbocycles. The zero-order chi connectivity index (χ0) is 19.8. The average molecular weight is 392 g/mol. The largest absolute Gasteiger partial charge is 0.489 e. The van der Waals surface area contributed by atoms with Crippen molar-refractivity contribution in [1.82, 2.24) is 0 Å². The van der Waals surface area contributed by atoms with E-state index >= 15 is 0 Å². The normalized spacial score (nSPS) is 11.3. The summed E-state index contributed by atoms with van der Waals surface area (Å²) in [6.07, 6.45) is 0.378. The van der Waals surface area contributed by atoms with Gasteiger partial charge in [-0.25, -0.2) is 4.79 Å². The Morgan fingerprint density at radius 2 is 1.61 bits per heavy atom. The second-order valence-corrected chi connectivity index (χ2v) is 6.43. The van der Waals surface area contributed by atoms with Crippen LogP contribution in [0.1, 0.15) is 28.2 Å². The molecule has 0 saturated heterocycles. The molecule has 5 heteroatoms. The number of halogens is 1. The van der Waals surface area contributed by atoms with Gasteiger partial charge in [-0.15, -0.1) is 0 Å². The molecule has 0 amide bonds. The van der Waals surface area contributed by atoms with Crippen LogP contribution in [0.25, 0.3) is 0 Å². The van der Waals surface area contributed by atoms with E-state index in [1.165, 1.54) is 0 Å². The third-order valence-electron chi connectivity index (χ3n) is 4.39. The van der Waals surface area contributed by atoms with Gasteiger partial charge in [-0.05, 0) is 35.7 Å². The summed E-state index contributed by atoms with van der Waals surface area (Å²) in [4.78, 5) is 12.5. The summed E-state index contributed by atoms with van der Waals surface area (Å²) >= 11 is 5.41. The van der Waals surface area contributed by atoms with Crippen molar-refractivity contribution in [3.63, 3.8) is 0 Å². The predicted molar refractivity (Wildman–Crippen MR) is 107 cm³/mol. The van der Waals surface area contributed by atoms with E-state index in [-0.39, 0.29) is 0 Å². The van der Waals surface area contributed by atoms with Crippen LogP contribution in [0.5, 0.6) is 5.75 Å². The third kappa shape index (κ3) is 4.91. The van der Waals surface area contributed by atoms with Crippen molar-refractivity contribution >= 4 is 17.8 Å². The van der Waals surface area contributed by atoms with Crippen LogP contribution in [0.15, 0.2) is 78.9 Å². The Kier molecular flexibility index (Phi) is 6.67. The number of benzene rings is 3. The molecule has 0 bridgehead atoms. The van der Waals surface area contributed by atoms with E-state index in [1.807, 2.05) is 60.7 Å². The number of rotatable bonds is 7. The average Bonchev–Trinajstić information content (AvgIpc) is 2.77. The topological polar surface area (TPSA) is 59.3 Å². The highest BCUT2D eigenvalue weighted by Gasteiger charge is 2.27. The van der Waals surface area contributed by atoms with Gasteiger partial charge in [0.2, 0.25) is 0 Å². The van der Waals surface area contributed by atoms with Gasteiger partial charge in [0.15, 0.2) is 0 Å². The number of hydrogen-bond acceptors (Lipinski definition) is 4. The molecule has 0 aliphatic carbocycles. The summed E-state index contributed by atoms with van der Waals surface area (Å²) in [6, 6.07) is 26.4. The summed E-state index contributed by atoms with van der Waals surface area (Å²) < 4.78 is 10.5. The zero-order valence-electron chi connectivity index (χ0n) is 15.0. The van der Waals surface area contributed by atoms with Gasteiger partial charge in [-0.3, -0.25) is 0 Å². The molecule has 140 valence electrons. The number of nitriles is 1. The fourth-order valence-corrected chi connectivity index (χ4v) is 3.09. The Labute approximate surface area is 169 Å². The number of nitrogens with zero attached hydrogens (tertiary/aromatic N) is 1. The van der Waals surface area contributed by atoms with Crippen molar-refractivity contribution in [3.05, 3.63) is 101 Å². The van der Waals surface area contributed by atoms with Crippen LogP contribution in [0.4, 0.5) is 0 Å². The quantitative estimate of drug-likeness (QED) is 0.558. The molecular weight excluding hydrogens is 374 g/mol. The van der Waals surface area contributed by atoms with E-state index in [4.69, 9.17) is 16.6 Å². The summed E-state index contributed by atoms with van der Waals surface area (Å²) in [5, 5.41) is 9.30. The minimum Gasteiger partial charge on any atom is -0.489 e. The Bertz CT molecular complexity index is 968. The molecule has 0 radical (unpaired) electrons. The summed E-state index contributed by atoms with van der Waals surface area (Å²) in [7, 11) is 0. The lowest BCUT2D eigenvalue weighted by Gasteiger charge is -2.19. The molecule has 0 aliphatic rings. The molecule has 0 aliphatic heterocycles. The molecule has 0 fully saturated rings. The van der Waals surface area contributed by atoms with E-state index in [1.54, 1.807) is 18.2 Å². The number of hydrogen-bond donors (Lipinski definition) is 0. The van der Waals surface area contributed by atoms with Crippen molar-refractivity contribution in [3.8, 4) is 11.8 Å². The maximum absolute atomic E-state index is 12.5. The second kappa shape index (κ2) is 9.59. The number of carbonyl (C=O) groups is 1. The van der Waals surface area contributed by atoms with E-state index in [0.717, 1.165) is 11.1 Å². The smallest absolute Gasteiger partial charge is 0.332 e. The van der Waals surface area contributed by atoms with Crippen LogP contribution in [0.2, 0.25) is 0 Å². The van der Waals surface area contributed by atoms with E-state index in [2.05, 4.69) is 10.4 Å². The van der Waals surface area contributed by atoms with Gasteiger partial charge in [-0.1, -0.05) is 60.7 Å². The first-order chi connectivity index (χ1) is 13.7. The molecule has 0 heterocycles. The number of ether oxygens (including phenoxy) is 1. The third-order valence-corrected chi connectivity index (χ3v) is 4.55. The van der Waals surface area contributed by atoms with Crippen molar-refractivity contribution in [2.24, 2.45) is 0 Å². The molecule has 3 aromatic rings. The highest BCUT2D eigenvalue weighted by Crippen LogP contribution is 2.32. The van der Waals surface area contributed by atoms with Crippen LogP contribution in [-0.2, 0) is 22.1 Å². The summed E-state index contributed by atoms with van der Waals surface area (Å²) in [5.41, 5.74) is 2.95. The Morgan fingerprint density at radius 1 is 0.964 bits per heavy atom. The van der Waals surface area contributed by atoms with Gasteiger partial charge in [-0.2, -0.15) is 5.26 Å². The van der Waals surface area contributed by atoms with Crippen LogP contribution < -0.4 is 4.74 Å². The first-order valence-electron chi connectivity index (χ1n) is 8.78. The molecule has 0 saturated carbocycles. The van der Waals surface area contributed by atoms with Crippen LogP contribution in [0, 0.1) is 11.3 Å². The van der Waals surface area contributed by atoms with Crippen molar-refractivity contribution in [2.75, 3.05) is 0 Å². The molecule has 4 nitrogen and oxygen atoms in total. The summed E-state index contributed by atoms with van der Waals surface area (Å²) in [5.74, 6) is -0.769. The van der Waals surface area contributed by atoms with Gasteiger partial charge in [0, 0.05) is 5.56 Å². The highest BCUT2D eigenvalue weighted by atomic mass is 35.5. The standard InChI is InChI=1S/C23H18ClNO3/c24-28-23(26)21(13-17-7-3-1-4-8-17)20-14-19(15-25)11-12-22(20)27-16-18-9-5-2-6-10-18/h1-12,14,21H,13,16H2. The van der Waals surface area contributed by atoms with Crippen LogP contribution in [-0.4, -0.2) is 5.97 Å². The zero-order valence-corrected chi connectivity index (χ0v) is 15.8. The minimum atomic E-state index is -0.695. The van der Waals surface area contributed by atoms with Gasteiger partial charge in [0.1, 0.15) is 24.2 Å². The van der Waals surface area contributed by atoms with Gasteiger partial charge in [0.25, 0.3) is 0 Å². The minimum absolute atomic E-state index is 0.341. The Morgan fingerprint density at radius 3 is 2.21 bits per heavy atom. The van der Waals surface area contributed by atoms with Gasteiger partial charge in [0.05, 0.1) is 17.6 Å². The van der Waals surface area contributed by atoms with Crippen molar-refractivity contribution in [2.45, 2.75) is 18.9 Å². The molecule has 0 spiro atoms. The lowest BCUT2D eigenvalue weighted by atomic mass is 9.90. The first kappa shape index (κ1) is 19.5. The summed E-state index contributed by atoms with van der Waals surface area (Å²) in [6.45, 7) is 0.341. The molecular formula is C23H18ClNO3. The van der Waals surface area contributed by atoms with Gasteiger partial charge < -0.3 is 9.03 Å². The maximum atomic E-state index is 12.5. The van der Waals surface area contributed by atoms with Crippen LogP contribution in [0.3, 0.4) is 0 Å². The van der Waals surface area contributed by atoms with Crippen molar-refractivity contribution in [1.29, 1.82) is 5.26 Å². The van der Waals surface area contributed by atoms with E-state index in [0.29, 0.717) is 29.9 Å². The predicted octanol–water partition coefficient (Wildman–Crippen LogP) is 5.16. The highest BCUT2D eigenvalue weighted by molar-refractivity contribution is 6.13. The molecule has 0 N–H and O–H groups in total. The molecule has 1 unspecified atom stereocenters.